The van der Waals surface area contributed by atoms with E-state index in [2.05, 4.69) is 69.9 Å². The molecule has 0 bridgehead atoms. The van der Waals surface area contributed by atoms with Crippen LogP contribution in [0.15, 0.2) is 91.5 Å². The zero-order valence-corrected chi connectivity index (χ0v) is 13.0. The SMILES string of the molecule is c1ccc2cc(O[PH+](n3cccc3)n3cccc3)ccc2c1. The maximum atomic E-state index is 6.34. The second-order valence-electron chi connectivity index (χ2n) is 5.07. The molecular weight excluding hydrogens is 291 g/mol. The molecule has 0 spiro atoms. The van der Waals surface area contributed by atoms with Gasteiger partial charge in [0.1, 0.15) is 0 Å². The summed E-state index contributed by atoms with van der Waals surface area (Å²) in [6.07, 6.45) is 8.20. The van der Waals surface area contributed by atoms with Gasteiger partial charge in [0.15, 0.2) is 5.75 Å². The largest absolute Gasteiger partial charge is 0.376 e. The Morgan fingerprint density at radius 1 is 0.636 bits per heavy atom. The number of fused-ring (bicyclic) bond motifs is 1. The highest BCUT2D eigenvalue weighted by Gasteiger charge is 2.22. The van der Waals surface area contributed by atoms with Crippen LogP contribution in [0, 0.1) is 0 Å². The Labute approximate surface area is 130 Å². The van der Waals surface area contributed by atoms with Crippen LogP contribution < -0.4 is 4.52 Å². The van der Waals surface area contributed by atoms with Crippen molar-refractivity contribution in [1.82, 2.24) is 8.68 Å². The van der Waals surface area contributed by atoms with Crippen molar-refractivity contribution in [3.05, 3.63) is 91.5 Å². The molecule has 0 aliphatic rings. The summed E-state index contributed by atoms with van der Waals surface area (Å²) in [7, 11) is -1.40. The summed E-state index contributed by atoms with van der Waals surface area (Å²) < 4.78 is 10.6. The lowest BCUT2D eigenvalue weighted by Crippen LogP contribution is -2.03. The predicted molar refractivity (Wildman–Crippen MR) is 92.6 cm³/mol. The molecule has 0 aliphatic carbocycles. The Balaban J connectivity index is 1.71. The van der Waals surface area contributed by atoms with Crippen molar-refractivity contribution in [2.45, 2.75) is 0 Å². The minimum absolute atomic E-state index is 0.898. The van der Waals surface area contributed by atoms with Gasteiger partial charge >= 0.3 is 8.45 Å². The third-order valence-electron chi connectivity index (χ3n) is 3.58. The highest BCUT2D eigenvalue weighted by molar-refractivity contribution is 7.49. The van der Waals surface area contributed by atoms with Crippen molar-refractivity contribution in [2.24, 2.45) is 0 Å². The van der Waals surface area contributed by atoms with Gasteiger partial charge in [-0.15, -0.1) is 0 Å². The maximum Gasteiger partial charge on any atom is 0.376 e. The van der Waals surface area contributed by atoms with Gasteiger partial charge in [-0.3, -0.25) is 0 Å². The van der Waals surface area contributed by atoms with Crippen molar-refractivity contribution in [3.63, 3.8) is 0 Å². The standard InChI is InChI=1S/C18H15N2OP/c1-2-8-17-15-18(10-9-16(17)7-1)21-22(19-11-3-4-12-19)20-13-5-6-14-20/h1-15H/p+1. The van der Waals surface area contributed by atoms with Gasteiger partial charge in [-0.1, -0.05) is 30.3 Å². The van der Waals surface area contributed by atoms with Crippen molar-refractivity contribution in [2.75, 3.05) is 0 Å². The van der Waals surface area contributed by atoms with Crippen LogP contribution in [0.3, 0.4) is 0 Å². The van der Waals surface area contributed by atoms with Crippen molar-refractivity contribution in [1.29, 1.82) is 0 Å². The van der Waals surface area contributed by atoms with E-state index in [0.29, 0.717) is 0 Å². The first-order valence-corrected chi connectivity index (χ1v) is 8.51. The molecule has 0 saturated carbocycles. The van der Waals surface area contributed by atoms with Gasteiger partial charge < -0.3 is 4.52 Å². The van der Waals surface area contributed by atoms with E-state index < -0.39 is 8.45 Å². The minimum atomic E-state index is -1.40. The maximum absolute atomic E-state index is 6.34. The number of benzene rings is 2. The van der Waals surface area contributed by atoms with Crippen molar-refractivity contribution < 1.29 is 4.52 Å². The molecular formula is C18H16N2OP+. The van der Waals surface area contributed by atoms with E-state index in [4.69, 9.17) is 4.52 Å². The second kappa shape index (κ2) is 5.70. The molecule has 2 aromatic carbocycles. The summed E-state index contributed by atoms with van der Waals surface area (Å²) in [6.45, 7) is 0. The Bertz CT molecular complexity index is 835. The molecule has 0 N–H and O–H groups in total. The average molecular weight is 307 g/mol. The fraction of sp³-hybridized carbons (Fsp3) is 0. The Morgan fingerprint density at radius 2 is 1.23 bits per heavy atom. The average Bonchev–Trinajstić information content (AvgIpc) is 3.26. The molecule has 0 unspecified atom stereocenters. The summed E-state index contributed by atoms with van der Waals surface area (Å²) in [4.78, 5) is 0. The van der Waals surface area contributed by atoms with Crippen LogP contribution in [0.2, 0.25) is 0 Å². The van der Waals surface area contributed by atoms with Gasteiger partial charge in [0.2, 0.25) is 0 Å². The highest BCUT2D eigenvalue weighted by atomic mass is 31.2. The Hall–Kier alpha value is -2.51. The molecule has 3 nitrogen and oxygen atoms in total. The van der Waals surface area contributed by atoms with Crippen LogP contribution in [-0.2, 0) is 0 Å². The van der Waals surface area contributed by atoms with E-state index in [9.17, 15) is 0 Å². The summed E-state index contributed by atoms with van der Waals surface area (Å²) in [5.41, 5.74) is 0. The molecule has 22 heavy (non-hydrogen) atoms. The minimum Gasteiger partial charge on any atom is -0.303 e. The summed E-state index contributed by atoms with van der Waals surface area (Å²) in [5.74, 6) is 0.898. The van der Waals surface area contributed by atoms with Gasteiger partial charge in [-0.25, -0.2) is 0 Å². The zero-order chi connectivity index (χ0) is 14.8. The Morgan fingerprint density at radius 3 is 1.86 bits per heavy atom. The van der Waals surface area contributed by atoms with Gasteiger partial charge in [0.25, 0.3) is 0 Å². The molecule has 2 aromatic heterocycles. The lowest BCUT2D eigenvalue weighted by Gasteiger charge is -2.12. The Kier molecular flexibility index (Phi) is 3.42. The van der Waals surface area contributed by atoms with Gasteiger partial charge in [0.05, 0.1) is 0 Å². The van der Waals surface area contributed by atoms with E-state index in [0.717, 1.165) is 5.75 Å². The van der Waals surface area contributed by atoms with E-state index in [1.165, 1.54) is 10.8 Å². The number of hydrogen-bond acceptors (Lipinski definition) is 1. The van der Waals surface area contributed by atoms with Crippen LogP contribution in [0.1, 0.15) is 0 Å². The summed E-state index contributed by atoms with van der Waals surface area (Å²) in [6, 6.07) is 22.7. The fourth-order valence-corrected chi connectivity index (χ4v) is 4.17. The highest BCUT2D eigenvalue weighted by Crippen LogP contribution is 2.41. The van der Waals surface area contributed by atoms with Crippen LogP contribution >= 0.6 is 8.45 Å². The predicted octanol–water partition coefficient (Wildman–Crippen LogP) is 4.88. The third kappa shape index (κ3) is 2.51. The fourth-order valence-electron chi connectivity index (χ4n) is 2.50. The normalized spacial score (nSPS) is 11.1. The first-order valence-electron chi connectivity index (χ1n) is 7.20. The van der Waals surface area contributed by atoms with Crippen molar-refractivity contribution >= 4 is 19.2 Å². The number of hydrogen-bond donors (Lipinski definition) is 0. The summed E-state index contributed by atoms with van der Waals surface area (Å²) in [5, 5.41) is 2.42. The molecule has 4 heteroatoms. The van der Waals surface area contributed by atoms with E-state index in [1.807, 2.05) is 30.3 Å². The van der Waals surface area contributed by atoms with Crippen LogP contribution in [0.4, 0.5) is 0 Å². The molecule has 0 fully saturated rings. The number of aromatic nitrogens is 2. The molecule has 2 heterocycles. The van der Waals surface area contributed by atoms with Gasteiger partial charge in [0, 0.05) is 24.8 Å². The molecule has 4 rings (SSSR count). The van der Waals surface area contributed by atoms with Crippen LogP contribution in [0.25, 0.3) is 10.8 Å². The quantitative estimate of drug-likeness (QED) is 0.492. The summed E-state index contributed by atoms with van der Waals surface area (Å²) >= 11 is 0. The van der Waals surface area contributed by atoms with Crippen molar-refractivity contribution in [3.8, 4) is 5.75 Å². The molecule has 0 amide bonds. The topological polar surface area (TPSA) is 19.1 Å². The number of nitrogens with zero attached hydrogens (tertiary/aromatic N) is 2. The van der Waals surface area contributed by atoms with E-state index in [-0.39, 0.29) is 0 Å². The van der Waals surface area contributed by atoms with E-state index in [1.54, 1.807) is 0 Å². The zero-order valence-electron chi connectivity index (χ0n) is 12.0. The van der Waals surface area contributed by atoms with Gasteiger partial charge in [-0.05, 0) is 47.2 Å². The third-order valence-corrected chi connectivity index (χ3v) is 5.48. The molecule has 4 aromatic rings. The van der Waals surface area contributed by atoms with E-state index >= 15 is 0 Å². The smallest absolute Gasteiger partial charge is 0.303 e. The lowest BCUT2D eigenvalue weighted by atomic mass is 10.1. The first-order chi connectivity index (χ1) is 10.9. The molecule has 0 aliphatic heterocycles. The first kappa shape index (κ1) is 13.2. The lowest BCUT2D eigenvalue weighted by molar-refractivity contribution is 0.594. The molecule has 0 atom stereocenters. The van der Waals surface area contributed by atoms with Crippen LogP contribution in [-0.4, -0.2) is 8.68 Å². The monoisotopic (exact) mass is 307 g/mol. The molecule has 0 saturated heterocycles. The van der Waals surface area contributed by atoms with Gasteiger partial charge in [-0.2, -0.15) is 8.68 Å². The number of rotatable bonds is 4. The van der Waals surface area contributed by atoms with Crippen LogP contribution in [0.5, 0.6) is 5.75 Å². The molecule has 0 radical (unpaired) electrons. The second-order valence-corrected chi connectivity index (χ2v) is 6.88. The molecule has 108 valence electrons.